The zero-order valence-corrected chi connectivity index (χ0v) is 7.00. The van der Waals surface area contributed by atoms with E-state index < -0.39 is 0 Å². The van der Waals surface area contributed by atoms with Gasteiger partial charge in [-0.15, -0.1) is 0 Å². The lowest BCUT2D eigenvalue weighted by atomic mass is 10.5. The van der Waals surface area contributed by atoms with Crippen molar-refractivity contribution in [1.29, 1.82) is 0 Å². The van der Waals surface area contributed by atoms with E-state index in [0.29, 0.717) is 19.8 Å². The van der Waals surface area contributed by atoms with Gasteiger partial charge in [-0.1, -0.05) is 6.08 Å². The average Bonchev–Trinajstić information content (AvgIpc) is 1.99. The lowest BCUT2D eigenvalue weighted by Gasteiger charge is -1.94. The molecular formula is C8H14O3. The molecule has 0 aliphatic rings. The molecule has 3 heteroatoms. The summed E-state index contributed by atoms with van der Waals surface area (Å²) < 4.78 is 9.61. The van der Waals surface area contributed by atoms with Crippen LogP contribution < -0.4 is 0 Å². The van der Waals surface area contributed by atoms with E-state index in [-0.39, 0.29) is 5.97 Å². The number of carbonyl (C=O) groups excluding carboxylic acids is 1. The van der Waals surface area contributed by atoms with E-state index in [2.05, 4.69) is 4.74 Å². The smallest absolute Gasteiger partial charge is 0.330 e. The molecule has 0 unspecified atom stereocenters. The minimum absolute atomic E-state index is 0.313. The van der Waals surface area contributed by atoms with Crippen LogP contribution in [0.4, 0.5) is 0 Å². The SMILES string of the molecule is CCOC/C=C/C(=O)OCC. The maximum atomic E-state index is 10.6. The first-order chi connectivity index (χ1) is 5.31. The van der Waals surface area contributed by atoms with Gasteiger partial charge < -0.3 is 9.47 Å². The van der Waals surface area contributed by atoms with Gasteiger partial charge in [0.2, 0.25) is 0 Å². The van der Waals surface area contributed by atoms with Crippen LogP contribution in [0.15, 0.2) is 12.2 Å². The molecule has 0 aliphatic heterocycles. The van der Waals surface area contributed by atoms with Gasteiger partial charge in [0.15, 0.2) is 0 Å². The van der Waals surface area contributed by atoms with Gasteiger partial charge in [0.05, 0.1) is 13.2 Å². The van der Waals surface area contributed by atoms with Crippen molar-refractivity contribution in [3.63, 3.8) is 0 Å². The van der Waals surface area contributed by atoms with E-state index in [1.807, 2.05) is 6.92 Å². The monoisotopic (exact) mass is 158 g/mol. The Labute approximate surface area is 67.0 Å². The number of ether oxygens (including phenoxy) is 2. The molecule has 0 bridgehead atoms. The van der Waals surface area contributed by atoms with E-state index in [4.69, 9.17) is 4.74 Å². The lowest BCUT2D eigenvalue weighted by Crippen LogP contribution is -1.99. The molecule has 0 fully saturated rings. The molecule has 0 aromatic heterocycles. The lowest BCUT2D eigenvalue weighted by molar-refractivity contribution is -0.137. The van der Waals surface area contributed by atoms with Crippen LogP contribution in [0.5, 0.6) is 0 Å². The van der Waals surface area contributed by atoms with Crippen LogP contribution in [0, 0.1) is 0 Å². The summed E-state index contributed by atoms with van der Waals surface area (Å²) in [5.74, 6) is -0.313. The van der Waals surface area contributed by atoms with Crippen LogP contribution in [0.1, 0.15) is 13.8 Å². The van der Waals surface area contributed by atoms with Crippen LogP contribution in [-0.2, 0) is 14.3 Å². The highest BCUT2D eigenvalue weighted by atomic mass is 16.5. The van der Waals surface area contributed by atoms with Crippen molar-refractivity contribution in [3.05, 3.63) is 12.2 Å². The van der Waals surface area contributed by atoms with Crippen LogP contribution in [0.25, 0.3) is 0 Å². The topological polar surface area (TPSA) is 35.5 Å². The number of hydrogen-bond acceptors (Lipinski definition) is 3. The quantitative estimate of drug-likeness (QED) is 0.342. The summed E-state index contributed by atoms with van der Waals surface area (Å²) in [6.45, 7) is 5.22. The largest absolute Gasteiger partial charge is 0.463 e. The van der Waals surface area contributed by atoms with E-state index >= 15 is 0 Å². The van der Waals surface area contributed by atoms with Crippen molar-refractivity contribution in [1.82, 2.24) is 0 Å². The molecule has 64 valence electrons. The average molecular weight is 158 g/mol. The summed E-state index contributed by atoms with van der Waals surface area (Å²) in [5.41, 5.74) is 0. The van der Waals surface area contributed by atoms with E-state index in [1.54, 1.807) is 13.0 Å². The molecule has 11 heavy (non-hydrogen) atoms. The number of carbonyl (C=O) groups is 1. The molecule has 0 aromatic rings. The van der Waals surface area contributed by atoms with Gasteiger partial charge in [-0.3, -0.25) is 0 Å². The highest BCUT2D eigenvalue weighted by molar-refractivity contribution is 5.81. The second kappa shape index (κ2) is 7.28. The fraction of sp³-hybridized carbons (Fsp3) is 0.625. The second-order valence-corrected chi connectivity index (χ2v) is 1.81. The minimum Gasteiger partial charge on any atom is -0.463 e. The zero-order valence-electron chi connectivity index (χ0n) is 7.00. The van der Waals surface area contributed by atoms with Crippen LogP contribution >= 0.6 is 0 Å². The van der Waals surface area contributed by atoms with Crippen molar-refractivity contribution in [2.45, 2.75) is 13.8 Å². The first-order valence-corrected chi connectivity index (χ1v) is 3.72. The van der Waals surface area contributed by atoms with Gasteiger partial charge in [-0.05, 0) is 13.8 Å². The van der Waals surface area contributed by atoms with Gasteiger partial charge in [0.1, 0.15) is 0 Å². The fourth-order valence-electron chi connectivity index (χ4n) is 0.521. The number of hydrogen-bond donors (Lipinski definition) is 0. The van der Waals surface area contributed by atoms with Crippen LogP contribution in [0.3, 0.4) is 0 Å². The maximum Gasteiger partial charge on any atom is 0.330 e. The van der Waals surface area contributed by atoms with Gasteiger partial charge in [-0.2, -0.15) is 0 Å². The molecule has 0 heterocycles. The van der Waals surface area contributed by atoms with E-state index in [9.17, 15) is 4.79 Å². The summed E-state index contributed by atoms with van der Waals surface area (Å²) in [5, 5.41) is 0. The summed E-state index contributed by atoms with van der Waals surface area (Å²) in [6, 6.07) is 0. The Bertz CT molecular complexity index is 129. The Morgan fingerprint density at radius 2 is 2.09 bits per heavy atom. The molecule has 0 saturated heterocycles. The summed E-state index contributed by atoms with van der Waals surface area (Å²) >= 11 is 0. The summed E-state index contributed by atoms with van der Waals surface area (Å²) in [6.07, 6.45) is 3.01. The van der Waals surface area contributed by atoms with Crippen molar-refractivity contribution in [3.8, 4) is 0 Å². The van der Waals surface area contributed by atoms with E-state index in [0.717, 1.165) is 0 Å². The third kappa shape index (κ3) is 7.06. The molecule has 0 N–H and O–H groups in total. The number of rotatable bonds is 5. The Kier molecular flexibility index (Phi) is 6.73. The fourth-order valence-corrected chi connectivity index (χ4v) is 0.521. The first-order valence-electron chi connectivity index (χ1n) is 3.72. The van der Waals surface area contributed by atoms with Gasteiger partial charge in [0, 0.05) is 12.7 Å². The predicted octanol–water partition coefficient (Wildman–Crippen LogP) is 1.14. The molecule has 3 nitrogen and oxygen atoms in total. The van der Waals surface area contributed by atoms with E-state index in [1.165, 1.54) is 6.08 Å². The molecular weight excluding hydrogens is 144 g/mol. The van der Waals surface area contributed by atoms with Crippen LogP contribution in [-0.4, -0.2) is 25.8 Å². The highest BCUT2D eigenvalue weighted by Gasteiger charge is 1.90. The first kappa shape index (κ1) is 10.2. The van der Waals surface area contributed by atoms with Crippen molar-refractivity contribution in [2.75, 3.05) is 19.8 Å². The molecule has 0 atom stereocenters. The van der Waals surface area contributed by atoms with Crippen LogP contribution in [0.2, 0.25) is 0 Å². The standard InChI is InChI=1S/C8H14O3/c1-3-10-7-5-6-8(9)11-4-2/h5-6H,3-4,7H2,1-2H3/b6-5+. The minimum atomic E-state index is -0.313. The Hall–Kier alpha value is -0.830. The van der Waals surface area contributed by atoms with Crippen molar-refractivity contribution in [2.24, 2.45) is 0 Å². The Morgan fingerprint density at radius 1 is 1.36 bits per heavy atom. The predicted molar refractivity (Wildman–Crippen MR) is 42.3 cm³/mol. The molecule has 0 saturated carbocycles. The summed E-state index contributed by atoms with van der Waals surface area (Å²) in [4.78, 5) is 10.6. The molecule has 0 radical (unpaired) electrons. The second-order valence-electron chi connectivity index (χ2n) is 1.81. The molecule has 0 aliphatic carbocycles. The van der Waals surface area contributed by atoms with Gasteiger partial charge >= 0.3 is 5.97 Å². The highest BCUT2D eigenvalue weighted by Crippen LogP contribution is 1.82. The third-order valence-corrected chi connectivity index (χ3v) is 0.959. The normalized spacial score (nSPS) is 10.4. The Balaban J connectivity index is 3.32. The molecule has 0 amide bonds. The van der Waals surface area contributed by atoms with Gasteiger partial charge in [0.25, 0.3) is 0 Å². The molecule has 0 aromatic carbocycles. The third-order valence-electron chi connectivity index (χ3n) is 0.959. The maximum absolute atomic E-state index is 10.6. The number of esters is 1. The zero-order chi connectivity index (χ0) is 8.53. The Morgan fingerprint density at radius 3 is 2.64 bits per heavy atom. The van der Waals surface area contributed by atoms with Crippen molar-refractivity contribution < 1.29 is 14.3 Å². The molecule has 0 rings (SSSR count). The van der Waals surface area contributed by atoms with Gasteiger partial charge in [-0.25, -0.2) is 4.79 Å². The molecule has 0 spiro atoms. The summed E-state index contributed by atoms with van der Waals surface area (Å²) in [7, 11) is 0. The van der Waals surface area contributed by atoms with Crippen molar-refractivity contribution >= 4 is 5.97 Å².